The van der Waals surface area contributed by atoms with Crippen molar-refractivity contribution >= 4 is 33.1 Å². The second kappa shape index (κ2) is 2.75. The number of benzene rings is 1. The quantitative estimate of drug-likeness (QED) is 0.742. The molecular weight excluding hydrogens is 218 g/mol. The van der Waals surface area contributed by atoms with Gasteiger partial charge in [0.1, 0.15) is 0 Å². The van der Waals surface area contributed by atoms with Gasteiger partial charge in [-0.15, -0.1) is 0 Å². The van der Waals surface area contributed by atoms with Gasteiger partial charge in [-0.3, -0.25) is 4.79 Å². The van der Waals surface area contributed by atoms with Gasteiger partial charge in [-0.1, -0.05) is 12.1 Å². The number of hydrogen-bond acceptors (Lipinski definition) is 1. The Hall–Kier alpha value is -1.09. The fourth-order valence-corrected chi connectivity index (χ4v) is 1.69. The first kappa shape index (κ1) is 7.55. The number of aromatic amines is 1. The largest absolute Gasteiger partial charge is 0.351 e. The van der Waals surface area contributed by atoms with Crippen molar-refractivity contribution in [2.75, 3.05) is 0 Å². The minimum absolute atomic E-state index is 0.608. The molecule has 0 atom stereocenters. The minimum atomic E-state index is 0.608. The number of carbonyl (C=O) groups excluding carboxylic acids is 1. The molecule has 3 heteroatoms. The Bertz CT molecular complexity index is 433. The Kier molecular flexibility index (Phi) is 1.73. The molecule has 0 unspecified atom stereocenters. The molecule has 0 amide bonds. The fraction of sp³-hybridized carbons (Fsp3) is 0. The molecule has 0 bridgehead atoms. The molecule has 0 fully saturated rings. The first-order valence-corrected chi connectivity index (χ1v) is 4.33. The number of carbonyl (C=O) groups is 1. The lowest BCUT2D eigenvalue weighted by Crippen LogP contribution is -1.75. The summed E-state index contributed by atoms with van der Waals surface area (Å²) < 4.78 is 0.980. The molecular formula is C9H6BrNO. The standard InChI is InChI=1S/C9H6BrNO/c10-8-3-1-2-6-4-7(5-12)11-9(6)8/h1-5,11H. The Morgan fingerprint density at radius 3 is 2.92 bits per heavy atom. The molecule has 60 valence electrons. The Morgan fingerprint density at radius 1 is 1.42 bits per heavy atom. The molecule has 0 aliphatic carbocycles. The third-order valence-corrected chi connectivity index (χ3v) is 2.41. The van der Waals surface area contributed by atoms with Crippen molar-refractivity contribution in [2.24, 2.45) is 0 Å². The topological polar surface area (TPSA) is 32.9 Å². The van der Waals surface area contributed by atoms with Gasteiger partial charge < -0.3 is 4.98 Å². The van der Waals surface area contributed by atoms with Gasteiger partial charge in [0.2, 0.25) is 0 Å². The second-order valence-electron chi connectivity index (χ2n) is 2.55. The summed E-state index contributed by atoms with van der Waals surface area (Å²) in [6.45, 7) is 0. The number of para-hydroxylation sites is 1. The van der Waals surface area contributed by atoms with Crippen molar-refractivity contribution in [1.29, 1.82) is 0 Å². The predicted molar refractivity (Wildman–Crippen MR) is 51.4 cm³/mol. The van der Waals surface area contributed by atoms with Crippen LogP contribution in [0.15, 0.2) is 28.7 Å². The number of H-pyrrole nitrogens is 1. The van der Waals surface area contributed by atoms with Crippen LogP contribution in [0, 0.1) is 0 Å². The van der Waals surface area contributed by atoms with Gasteiger partial charge in [0.25, 0.3) is 0 Å². The Balaban J connectivity index is 2.82. The molecule has 12 heavy (non-hydrogen) atoms. The van der Waals surface area contributed by atoms with Crippen molar-refractivity contribution in [1.82, 2.24) is 4.98 Å². The van der Waals surface area contributed by atoms with Crippen LogP contribution < -0.4 is 0 Å². The lowest BCUT2D eigenvalue weighted by molar-refractivity contribution is 0.112. The summed E-state index contributed by atoms with van der Waals surface area (Å²) in [7, 11) is 0. The number of aromatic nitrogens is 1. The molecule has 2 aromatic rings. The summed E-state index contributed by atoms with van der Waals surface area (Å²) in [5.74, 6) is 0. The van der Waals surface area contributed by atoms with E-state index in [0.717, 1.165) is 21.7 Å². The van der Waals surface area contributed by atoms with Gasteiger partial charge in [0.05, 0.1) is 11.2 Å². The van der Waals surface area contributed by atoms with Gasteiger partial charge in [-0.2, -0.15) is 0 Å². The third kappa shape index (κ3) is 1.06. The summed E-state index contributed by atoms with van der Waals surface area (Å²) in [5, 5.41) is 1.05. The SMILES string of the molecule is O=Cc1cc2cccc(Br)c2[nH]1. The van der Waals surface area contributed by atoms with E-state index in [2.05, 4.69) is 20.9 Å². The highest BCUT2D eigenvalue weighted by molar-refractivity contribution is 9.10. The van der Waals surface area contributed by atoms with Crippen LogP contribution in [0.2, 0.25) is 0 Å². The molecule has 1 N–H and O–H groups in total. The van der Waals surface area contributed by atoms with Crippen LogP contribution in [-0.2, 0) is 0 Å². The normalized spacial score (nSPS) is 10.4. The van der Waals surface area contributed by atoms with E-state index in [1.54, 1.807) is 0 Å². The zero-order valence-corrected chi connectivity index (χ0v) is 7.76. The van der Waals surface area contributed by atoms with Gasteiger partial charge in [-0.25, -0.2) is 0 Å². The van der Waals surface area contributed by atoms with Gasteiger partial charge in [0.15, 0.2) is 6.29 Å². The van der Waals surface area contributed by atoms with Crippen molar-refractivity contribution in [3.63, 3.8) is 0 Å². The fourth-order valence-electron chi connectivity index (χ4n) is 1.20. The van der Waals surface area contributed by atoms with E-state index in [-0.39, 0.29) is 0 Å². The summed E-state index contributed by atoms with van der Waals surface area (Å²) in [4.78, 5) is 13.4. The summed E-state index contributed by atoms with van der Waals surface area (Å²) >= 11 is 3.39. The number of fused-ring (bicyclic) bond motifs is 1. The predicted octanol–water partition coefficient (Wildman–Crippen LogP) is 2.74. The van der Waals surface area contributed by atoms with E-state index in [1.165, 1.54) is 0 Å². The van der Waals surface area contributed by atoms with Crippen LogP contribution >= 0.6 is 15.9 Å². The zero-order valence-electron chi connectivity index (χ0n) is 6.17. The Morgan fingerprint density at radius 2 is 2.25 bits per heavy atom. The van der Waals surface area contributed by atoms with Crippen LogP contribution in [-0.4, -0.2) is 11.3 Å². The first-order chi connectivity index (χ1) is 5.81. The zero-order chi connectivity index (χ0) is 8.55. The number of halogens is 1. The molecule has 0 saturated heterocycles. The molecule has 0 spiro atoms. The maximum Gasteiger partial charge on any atom is 0.166 e. The highest BCUT2D eigenvalue weighted by atomic mass is 79.9. The summed E-state index contributed by atoms with van der Waals surface area (Å²) in [6.07, 6.45) is 0.812. The number of nitrogens with one attached hydrogen (secondary N) is 1. The number of rotatable bonds is 1. The summed E-state index contributed by atoms with van der Waals surface area (Å²) in [5.41, 5.74) is 1.58. The van der Waals surface area contributed by atoms with Crippen LogP contribution in [0.25, 0.3) is 10.9 Å². The molecule has 0 saturated carbocycles. The van der Waals surface area contributed by atoms with Gasteiger partial charge >= 0.3 is 0 Å². The van der Waals surface area contributed by atoms with Gasteiger partial charge in [-0.05, 0) is 28.1 Å². The lowest BCUT2D eigenvalue weighted by Gasteiger charge is -1.90. The first-order valence-electron chi connectivity index (χ1n) is 3.53. The highest BCUT2D eigenvalue weighted by Crippen LogP contribution is 2.22. The Labute approximate surface area is 77.7 Å². The van der Waals surface area contributed by atoms with Crippen molar-refractivity contribution < 1.29 is 4.79 Å². The third-order valence-electron chi connectivity index (χ3n) is 1.75. The minimum Gasteiger partial charge on any atom is -0.351 e. The van der Waals surface area contributed by atoms with Crippen molar-refractivity contribution in [2.45, 2.75) is 0 Å². The lowest BCUT2D eigenvalue weighted by atomic mass is 10.2. The average Bonchev–Trinajstić information content (AvgIpc) is 2.49. The summed E-state index contributed by atoms with van der Waals surface area (Å²) in [6, 6.07) is 7.67. The molecule has 2 rings (SSSR count). The number of aldehydes is 1. The number of hydrogen-bond donors (Lipinski definition) is 1. The molecule has 1 aromatic heterocycles. The van der Waals surface area contributed by atoms with Crippen LogP contribution in [0.4, 0.5) is 0 Å². The molecule has 0 aliphatic heterocycles. The van der Waals surface area contributed by atoms with Crippen molar-refractivity contribution in [3.05, 3.63) is 34.4 Å². The maximum atomic E-state index is 10.4. The molecule has 2 nitrogen and oxygen atoms in total. The van der Waals surface area contributed by atoms with Crippen LogP contribution in [0.1, 0.15) is 10.5 Å². The van der Waals surface area contributed by atoms with E-state index < -0.39 is 0 Å². The van der Waals surface area contributed by atoms with E-state index in [1.807, 2.05) is 24.3 Å². The van der Waals surface area contributed by atoms with Crippen molar-refractivity contribution in [3.8, 4) is 0 Å². The average molecular weight is 224 g/mol. The highest BCUT2D eigenvalue weighted by Gasteiger charge is 2.01. The van der Waals surface area contributed by atoms with Crippen LogP contribution in [0.3, 0.4) is 0 Å². The molecule has 1 heterocycles. The van der Waals surface area contributed by atoms with E-state index in [9.17, 15) is 4.79 Å². The van der Waals surface area contributed by atoms with Crippen LogP contribution in [0.5, 0.6) is 0 Å². The van der Waals surface area contributed by atoms with E-state index in [4.69, 9.17) is 0 Å². The monoisotopic (exact) mass is 223 g/mol. The maximum absolute atomic E-state index is 10.4. The van der Waals surface area contributed by atoms with Gasteiger partial charge in [0, 0.05) is 9.86 Å². The van der Waals surface area contributed by atoms with E-state index in [0.29, 0.717) is 5.69 Å². The molecule has 0 radical (unpaired) electrons. The van der Waals surface area contributed by atoms with E-state index >= 15 is 0 Å². The second-order valence-corrected chi connectivity index (χ2v) is 3.40. The molecule has 1 aromatic carbocycles. The molecule has 0 aliphatic rings. The smallest absolute Gasteiger partial charge is 0.166 e.